The van der Waals surface area contributed by atoms with Crippen molar-refractivity contribution in [2.45, 2.75) is 56.1 Å². The predicted molar refractivity (Wildman–Crippen MR) is 96.7 cm³/mol. The maximum absolute atomic E-state index is 13.4. The third-order valence-electron chi connectivity index (χ3n) is 5.45. The molecule has 0 radical (unpaired) electrons. The Balaban J connectivity index is 1.91. The maximum Gasteiger partial charge on any atom is 0.339 e. The van der Waals surface area contributed by atoms with Gasteiger partial charge < -0.3 is 25.7 Å². The van der Waals surface area contributed by atoms with Crippen molar-refractivity contribution in [2.24, 2.45) is 5.73 Å². The quantitative estimate of drug-likeness (QED) is 0.418. The zero-order valence-electron chi connectivity index (χ0n) is 15.8. The molecule has 10 heteroatoms. The van der Waals surface area contributed by atoms with Gasteiger partial charge in [-0.15, -0.1) is 0 Å². The highest BCUT2D eigenvalue weighted by molar-refractivity contribution is 6.14. The van der Waals surface area contributed by atoms with Gasteiger partial charge in [0, 0.05) is 31.3 Å². The predicted octanol–water partition coefficient (Wildman–Crippen LogP) is -0.948. The molecule has 0 bridgehead atoms. The van der Waals surface area contributed by atoms with Crippen LogP contribution in [0.15, 0.2) is 12.5 Å². The van der Waals surface area contributed by atoms with E-state index in [0.29, 0.717) is 25.0 Å². The molecule has 1 aromatic heterocycles. The first-order valence-electron chi connectivity index (χ1n) is 9.36. The lowest BCUT2D eigenvalue weighted by Crippen LogP contribution is -2.69. The molecule has 0 spiro atoms. The van der Waals surface area contributed by atoms with Crippen LogP contribution in [0.4, 0.5) is 0 Å². The Morgan fingerprint density at radius 2 is 2.21 bits per heavy atom. The highest BCUT2D eigenvalue weighted by Crippen LogP contribution is 2.34. The number of nitrogens with two attached hydrogens (primary N) is 1. The summed E-state index contributed by atoms with van der Waals surface area (Å²) in [6.45, 7) is 0.219. The number of carbonyl (C=O) groups is 4. The smallest absolute Gasteiger partial charge is 0.339 e. The molecule has 0 aromatic carbocycles. The second-order valence-electron chi connectivity index (χ2n) is 7.21. The van der Waals surface area contributed by atoms with E-state index in [2.05, 4.69) is 15.3 Å². The molecule has 3 heterocycles. The maximum atomic E-state index is 13.4. The standard InChI is InChI=1S/C18H25N5O5/c1-28-17(27)18(15(25)13-4-5-14(24)22-13)6-2-3-7-23(18)16(26)12(19)8-11-9-20-10-21-11/h9-10,12-13H,2-8,19H2,1H3,(H,20,21)(H,22,24). The largest absolute Gasteiger partial charge is 0.467 e. The van der Waals surface area contributed by atoms with E-state index in [1.54, 1.807) is 6.20 Å². The van der Waals surface area contributed by atoms with Crippen LogP contribution in [0.3, 0.4) is 0 Å². The first-order chi connectivity index (χ1) is 13.4. The lowest BCUT2D eigenvalue weighted by Gasteiger charge is -2.45. The Morgan fingerprint density at radius 3 is 2.82 bits per heavy atom. The molecular weight excluding hydrogens is 366 g/mol. The number of aromatic nitrogens is 2. The lowest BCUT2D eigenvalue weighted by atomic mass is 9.79. The molecule has 3 unspecified atom stereocenters. The van der Waals surface area contributed by atoms with Crippen LogP contribution < -0.4 is 11.1 Å². The number of rotatable bonds is 6. The summed E-state index contributed by atoms with van der Waals surface area (Å²) in [4.78, 5) is 59.0. The van der Waals surface area contributed by atoms with Crippen molar-refractivity contribution >= 4 is 23.6 Å². The second-order valence-corrected chi connectivity index (χ2v) is 7.21. The molecule has 28 heavy (non-hydrogen) atoms. The van der Waals surface area contributed by atoms with Crippen molar-refractivity contribution in [3.63, 3.8) is 0 Å². The molecule has 3 rings (SSSR count). The van der Waals surface area contributed by atoms with Gasteiger partial charge in [-0.05, 0) is 25.7 Å². The van der Waals surface area contributed by atoms with Crippen molar-refractivity contribution in [3.8, 4) is 0 Å². The summed E-state index contributed by atoms with van der Waals surface area (Å²) < 4.78 is 4.94. The third-order valence-corrected chi connectivity index (χ3v) is 5.45. The van der Waals surface area contributed by atoms with Gasteiger partial charge in [0.05, 0.1) is 25.5 Å². The number of hydrogen-bond acceptors (Lipinski definition) is 7. The van der Waals surface area contributed by atoms with Gasteiger partial charge in [-0.3, -0.25) is 14.4 Å². The van der Waals surface area contributed by atoms with E-state index in [-0.39, 0.29) is 31.7 Å². The molecule has 10 nitrogen and oxygen atoms in total. The first-order valence-corrected chi connectivity index (χ1v) is 9.36. The molecule has 152 valence electrons. The van der Waals surface area contributed by atoms with Gasteiger partial charge in [-0.1, -0.05) is 0 Å². The van der Waals surface area contributed by atoms with Crippen molar-refractivity contribution < 1.29 is 23.9 Å². The lowest BCUT2D eigenvalue weighted by molar-refractivity contribution is -0.171. The van der Waals surface area contributed by atoms with Crippen LogP contribution in [0.5, 0.6) is 0 Å². The number of likely N-dealkylation sites (tertiary alicyclic amines) is 1. The molecule has 2 aliphatic rings. The van der Waals surface area contributed by atoms with Gasteiger partial charge >= 0.3 is 5.97 Å². The normalized spacial score (nSPS) is 25.9. The summed E-state index contributed by atoms with van der Waals surface area (Å²) in [6, 6.07) is -1.77. The monoisotopic (exact) mass is 391 g/mol. The average molecular weight is 391 g/mol. The number of piperidine rings is 1. The fraction of sp³-hybridized carbons (Fsp3) is 0.611. The number of ketones is 1. The van der Waals surface area contributed by atoms with Crippen LogP contribution in [0.2, 0.25) is 0 Å². The summed E-state index contributed by atoms with van der Waals surface area (Å²) in [5.41, 5.74) is 5.02. The molecule has 0 saturated carbocycles. The number of amides is 2. The fourth-order valence-corrected chi connectivity index (χ4v) is 4.03. The summed E-state index contributed by atoms with van der Waals surface area (Å²) >= 11 is 0. The highest BCUT2D eigenvalue weighted by atomic mass is 16.5. The Morgan fingerprint density at radius 1 is 1.43 bits per heavy atom. The molecule has 2 fully saturated rings. The zero-order chi connectivity index (χ0) is 20.3. The number of hydrogen-bond donors (Lipinski definition) is 3. The van der Waals surface area contributed by atoms with Crippen LogP contribution in [0, 0.1) is 0 Å². The van der Waals surface area contributed by atoms with Crippen LogP contribution in [0.25, 0.3) is 0 Å². The number of esters is 1. The Bertz CT molecular complexity index is 764. The number of Topliss-reactive ketones (excluding diaryl/α,β-unsaturated/α-hetero) is 1. The second kappa shape index (κ2) is 8.09. The van der Waals surface area contributed by atoms with E-state index in [4.69, 9.17) is 10.5 Å². The van der Waals surface area contributed by atoms with Gasteiger partial charge in [0.1, 0.15) is 0 Å². The highest BCUT2D eigenvalue weighted by Gasteiger charge is 2.57. The van der Waals surface area contributed by atoms with E-state index >= 15 is 0 Å². The number of ether oxygens (including phenoxy) is 1. The summed E-state index contributed by atoms with van der Waals surface area (Å²) in [6.07, 6.45) is 5.12. The minimum atomic E-state index is -1.77. The fourth-order valence-electron chi connectivity index (χ4n) is 4.03. The zero-order valence-corrected chi connectivity index (χ0v) is 15.8. The molecule has 0 aliphatic carbocycles. The first kappa shape index (κ1) is 20.0. The van der Waals surface area contributed by atoms with Crippen LogP contribution in [0.1, 0.15) is 37.8 Å². The van der Waals surface area contributed by atoms with Gasteiger partial charge in [-0.25, -0.2) is 9.78 Å². The van der Waals surface area contributed by atoms with E-state index in [0.717, 1.165) is 0 Å². The number of carbonyl (C=O) groups excluding carboxylic acids is 4. The molecule has 2 saturated heterocycles. The summed E-state index contributed by atoms with van der Waals surface area (Å²) in [7, 11) is 1.19. The number of imidazole rings is 1. The van der Waals surface area contributed by atoms with Gasteiger partial charge in [0.15, 0.2) is 5.78 Å². The van der Waals surface area contributed by atoms with Crippen LogP contribution in [-0.4, -0.2) is 69.7 Å². The number of methoxy groups -OCH3 is 1. The number of aromatic amines is 1. The Labute approximate surface area is 162 Å². The van der Waals surface area contributed by atoms with Gasteiger partial charge in [0.2, 0.25) is 17.4 Å². The molecular formula is C18H25N5O5. The van der Waals surface area contributed by atoms with Crippen LogP contribution >= 0.6 is 0 Å². The SMILES string of the molecule is COC(=O)C1(C(=O)C2CCC(=O)N2)CCCCN1C(=O)C(N)Cc1cnc[nH]1. The van der Waals surface area contributed by atoms with Gasteiger partial charge in [-0.2, -0.15) is 0 Å². The topological polar surface area (TPSA) is 147 Å². The van der Waals surface area contributed by atoms with Crippen molar-refractivity contribution in [2.75, 3.05) is 13.7 Å². The van der Waals surface area contributed by atoms with E-state index in [1.807, 2.05) is 0 Å². The third kappa shape index (κ3) is 3.51. The number of nitrogens with one attached hydrogen (secondary N) is 2. The average Bonchev–Trinajstić information content (AvgIpc) is 3.37. The summed E-state index contributed by atoms with van der Waals surface area (Å²) in [5.74, 6) is -2.05. The Hall–Kier alpha value is -2.75. The number of nitrogens with zero attached hydrogens (tertiary/aromatic N) is 2. The van der Waals surface area contributed by atoms with Gasteiger partial charge in [0.25, 0.3) is 0 Å². The minimum absolute atomic E-state index is 0.146. The van der Waals surface area contributed by atoms with Crippen molar-refractivity contribution in [1.82, 2.24) is 20.2 Å². The van der Waals surface area contributed by atoms with E-state index < -0.39 is 35.3 Å². The molecule has 2 aliphatic heterocycles. The Kier molecular flexibility index (Phi) is 5.78. The van der Waals surface area contributed by atoms with Crippen molar-refractivity contribution in [1.29, 1.82) is 0 Å². The molecule has 3 atom stereocenters. The molecule has 1 aromatic rings. The van der Waals surface area contributed by atoms with E-state index in [1.165, 1.54) is 18.3 Å². The van der Waals surface area contributed by atoms with Crippen LogP contribution in [-0.2, 0) is 30.3 Å². The van der Waals surface area contributed by atoms with E-state index in [9.17, 15) is 19.2 Å². The van der Waals surface area contributed by atoms with Crippen molar-refractivity contribution in [3.05, 3.63) is 18.2 Å². The molecule has 4 N–H and O–H groups in total. The molecule has 2 amide bonds. The minimum Gasteiger partial charge on any atom is -0.467 e. The number of H-pyrrole nitrogens is 1. The summed E-state index contributed by atoms with van der Waals surface area (Å²) in [5, 5.41) is 2.60.